The lowest BCUT2D eigenvalue weighted by molar-refractivity contribution is 0.0953. The summed E-state index contributed by atoms with van der Waals surface area (Å²) in [6.45, 7) is 2.84. The standard InChI is InChI=1S/C12H15BrINO/c1-2-10(13)7-8-15-12(16)9-3-5-11(14)6-4-9/h3-6,10H,2,7-8H2,1H3,(H,15,16). The summed E-state index contributed by atoms with van der Waals surface area (Å²) < 4.78 is 1.14. The van der Waals surface area contributed by atoms with E-state index in [1.165, 1.54) is 0 Å². The maximum atomic E-state index is 11.7. The molecule has 1 amide bonds. The molecule has 1 atom stereocenters. The van der Waals surface area contributed by atoms with Crippen LogP contribution in [0.15, 0.2) is 24.3 Å². The Morgan fingerprint density at radius 3 is 2.62 bits per heavy atom. The third-order valence-electron chi connectivity index (χ3n) is 2.29. The van der Waals surface area contributed by atoms with Crippen molar-refractivity contribution in [3.8, 4) is 0 Å². The number of benzene rings is 1. The highest BCUT2D eigenvalue weighted by Crippen LogP contribution is 2.09. The zero-order chi connectivity index (χ0) is 12.0. The van der Waals surface area contributed by atoms with E-state index in [9.17, 15) is 4.79 Å². The molecule has 1 unspecified atom stereocenters. The molecular weight excluding hydrogens is 381 g/mol. The number of nitrogens with one attached hydrogen (secondary N) is 1. The minimum Gasteiger partial charge on any atom is -0.352 e. The molecule has 0 fully saturated rings. The van der Waals surface area contributed by atoms with Crippen molar-refractivity contribution in [2.45, 2.75) is 24.6 Å². The summed E-state index contributed by atoms with van der Waals surface area (Å²) in [6, 6.07) is 7.58. The fourth-order valence-electron chi connectivity index (χ4n) is 1.25. The van der Waals surface area contributed by atoms with Crippen LogP contribution in [0, 0.1) is 3.57 Å². The lowest BCUT2D eigenvalue weighted by Gasteiger charge is -2.08. The van der Waals surface area contributed by atoms with E-state index in [1.807, 2.05) is 24.3 Å². The summed E-state index contributed by atoms with van der Waals surface area (Å²) in [7, 11) is 0. The molecule has 2 nitrogen and oxygen atoms in total. The van der Waals surface area contributed by atoms with Gasteiger partial charge in [0, 0.05) is 20.5 Å². The largest absolute Gasteiger partial charge is 0.352 e. The fourth-order valence-corrected chi connectivity index (χ4v) is 1.84. The minimum absolute atomic E-state index is 0.00667. The molecule has 0 radical (unpaired) electrons. The van der Waals surface area contributed by atoms with E-state index in [-0.39, 0.29) is 5.91 Å². The van der Waals surface area contributed by atoms with Crippen LogP contribution in [0.4, 0.5) is 0 Å². The van der Waals surface area contributed by atoms with Crippen molar-refractivity contribution in [3.05, 3.63) is 33.4 Å². The first-order chi connectivity index (χ1) is 7.63. The summed E-state index contributed by atoms with van der Waals surface area (Å²) >= 11 is 5.76. The first kappa shape index (κ1) is 14.0. The number of halogens is 2. The molecule has 0 aliphatic carbocycles. The number of carbonyl (C=O) groups excluding carboxylic acids is 1. The Kier molecular flexibility index (Phi) is 6.34. The number of carbonyl (C=O) groups is 1. The fraction of sp³-hybridized carbons (Fsp3) is 0.417. The molecule has 0 aromatic heterocycles. The lowest BCUT2D eigenvalue weighted by Crippen LogP contribution is -2.25. The molecule has 1 aromatic rings. The molecule has 1 rings (SSSR count). The van der Waals surface area contributed by atoms with Gasteiger partial charge in [-0.2, -0.15) is 0 Å². The zero-order valence-corrected chi connectivity index (χ0v) is 12.9. The summed E-state index contributed by atoms with van der Waals surface area (Å²) in [5.41, 5.74) is 0.725. The third-order valence-corrected chi connectivity index (χ3v) is 4.12. The lowest BCUT2D eigenvalue weighted by atomic mass is 10.2. The first-order valence-electron chi connectivity index (χ1n) is 5.31. The second-order valence-electron chi connectivity index (χ2n) is 3.56. The van der Waals surface area contributed by atoms with Crippen LogP contribution < -0.4 is 5.32 Å². The molecular formula is C12H15BrINO. The SMILES string of the molecule is CCC(Br)CCNC(=O)c1ccc(I)cc1. The van der Waals surface area contributed by atoms with Gasteiger partial charge in [0.05, 0.1) is 0 Å². The van der Waals surface area contributed by atoms with Crippen molar-refractivity contribution in [2.75, 3.05) is 6.54 Å². The van der Waals surface area contributed by atoms with Crippen molar-refractivity contribution in [1.29, 1.82) is 0 Å². The number of hydrogen-bond donors (Lipinski definition) is 1. The number of rotatable bonds is 5. The van der Waals surface area contributed by atoms with E-state index in [2.05, 4.69) is 50.8 Å². The summed E-state index contributed by atoms with van der Waals surface area (Å²) in [6.07, 6.45) is 2.05. The Bertz CT molecular complexity index is 339. The van der Waals surface area contributed by atoms with Crippen LogP contribution in [0.25, 0.3) is 0 Å². The molecule has 0 heterocycles. The average molecular weight is 396 g/mol. The molecule has 0 saturated heterocycles. The van der Waals surface area contributed by atoms with Gasteiger partial charge in [-0.05, 0) is 59.7 Å². The van der Waals surface area contributed by atoms with Gasteiger partial charge >= 0.3 is 0 Å². The monoisotopic (exact) mass is 395 g/mol. The van der Waals surface area contributed by atoms with Gasteiger partial charge in [-0.25, -0.2) is 0 Å². The highest BCUT2D eigenvalue weighted by Gasteiger charge is 2.05. The Morgan fingerprint density at radius 2 is 2.06 bits per heavy atom. The molecule has 88 valence electrons. The smallest absolute Gasteiger partial charge is 0.251 e. The quantitative estimate of drug-likeness (QED) is 0.599. The van der Waals surface area contributed by atoms with E-state index in [0.29, 0.717) is 11.4 Å². The number of hydrogen-bond acceptors (Lipinski definition) is 1. The van der Waals surface area contributed by atoms with Gasteiger partial charge in [0.1, 0.15) is 0 Å². The van der Waals surface area contributed by atoms with E-state index in [4.69, 9.17) is 0 Å². The average Bonchev–Trinajstić information content (AvgIpc) is 2.29. The topological polar surface area (TPSA) is 29.1 Å². The van der Waals surface area contributed by atoms with Crippen LogP contribution in [0.3, 0.4) is 0 Å². The van der Waals surface area contributed by atoms with E-state index < -0.39 is 0 Å². The Labute approximate surface area is 118 Å². The van der Waals surface area contributed by atoms with Gasteiger partial charge in [-0.1, -0.05) is 22.9 Å². The van der Waals surface area contributed by atoms with Gasteiger partial charge in [-0.15, -0.1) is 0 Å². The normalized spacial score (nSPS) is 12.2. The zero-order valence-electron chi connectivity index (χ0n) is 9.17. The molecule has 0 saturated carbocycles. The Morgan fingerprint density at radius 1 is 1.44 bits per heavy atom. The molecule has 4 heteroatoms. The maximum Gasteiger partial charge on any atom is 0.251 e. The van der Waals surface area contributed by atoms with Crippen LogP contribution in [-0.4, -0.2) is 17.3 Å². The van der Waals surface area contributed by atoms with Gasteiger partial charge < -0.3 is 5.32 Å². The number of alkyl halides is 1. The summed E-state index contributed by atoms with van der Waals surface area (Å²) in [5.74, 6) is 0.00667. The van der Waals surface area contributed by atoms with Crippen LogP contribution in [0.5, 0.6) is 0 Å². The van der Waals surface area contributed by atoms with Gasteiger partial charge in [0.2, 0.25) is 0 Å². The summed E-state index contributed by atoms with van der Waals surface area (Å²) in [5, 5.41) is 2.91. The predicted octanol–water partition coefficient (Wildman–Crippen LogP) is 3.58. The van der Waals surface area contributed by atoms with E-state index in [0.717, 1.165) is 22.0 Å². The van der Waals surface area contributed by atoms with Crippen LogP contribution in [0.2, 0.25) is 0 Å². The second-order valence-corrected chi connectivity index (χ2v) is 6.10. The molecule has 1 N–H and O–H groups in total. The van der Waals surface area contributed by atoms with Crippen LogP contribution in [0.1, 0.15) is 30.1 Å². The van der Waals surface area contributed by atoms with Crippen LogP contribution in [-0.2, 0) is 0 Å². The maximum absolute atomic E-state index is 11.7. The van der Waals surface area contributed by atoms with Crippen molar-refractivity contribution in [1.82, 2.24) is 5.32 Å². The molecule has 0 spiro atoms. The third kappa shape index (κ3) is 4.82. The molecule has 0 aliphatic heterocycles. The Balaban J connectivity index is 2.38. The summed E-state index contributed by atoms with van der Waals surface area (Å²) in [4.78, 5) is 12.2. The minimum atomic E-state index is 0.00667. The highest BCUT2D eigenvalue weighted by molar-refractivity contribution is 14.1. The molecule has 16 heavy (non-hydrogen) atoms. The van der Waals surface area contributed by atoms with Crippen molar-refractivity contribution in [2.24, 2.45) is 0 Å². The second kappa shape index (κ2) is 7.27. The Hall–Kier alpha value is -0.100. The highest BCUT2D eigenvalue weighted by atomic mass is 127. The predicted molar refractivity (Wildman–Crippen MR) is 79.1 cm³/mol. The van der Waals surface area contributed by atoms with E-state index in [1.54, 1.807) is 0 Å². The van der Waals surface area contributed by atoms with Crippen molar-refractivity contribution in [3.63, 3.8) is 0 Å². The van der Waals surface area contributed by atoms with E-state index >= 15 is 0 Å². The number of amides is 1. The van der Waals surface area contributed by atoms with Gasteiger partial charge in [0.15, 0.2) is 0 Å². The molecule has 1 aromatic carbocycles. The van der Waals surface area contributed by atoms with Crippen molar-refractivity contribution >= 4 is 44.4 Å². The van der Waals surface area contributed by atoms with Gasteiger partial charge in [0.25, 0.3) is 5.91 Å². The van der Waals surface area contributed by atoms with Crippen molar-refractivity contribution < 1.29 is 4.79 Å². The first-order valence-corrected chi connectivity index (χ1v) is 7.30. The molecule has 0 bridgehead atoms. The molecule has 0 aliphatic rings. The van der Waals surface area contributed by atoms with Gasteiger partial charge in [-0.3, -0.25) is 4.79 Å². The van der Waals surface area contributed by atoms with Crippen LogP contribution >= 0.6 is 38.5 Å².